The van der Waals surface area contributed by atoms with Crippen molar-refractivity contribution in [2.75, 3.05) is 0 Å². The molecule has 4 aromatic carbocycles. The van der Waals surface area contributed by atoms with E-state index in [4.69, 9.17) is 0 Å². The van der Waals surface area contributed by atoms with E-state index in [9.17, 15) is 0 Å². The number of benzene rings is 4. The molecule has 0 N–H and O–H groups in total. The quantitative estimate of drug-likeness (QED) is 0.264. The van der Waals surface area contributed by atoms with E-state index in [1.807, 2.05) is 69.2 Å². The van der Waals surface area contributed by atoms with Gasteiger partial charge >= 0.3 is 0 Å². The Morgan fingerprint density at radius 3 is 0.543 bits per heavy atom. The van der Waals surface area contributed by atoms with Gasteiger partial charge in [0, 0.05) is 0 Å². The Kier molecular flexibility index (Phi) is 22.1. The average molecular weight is 470 g/mol. The lowest BCUT2D eigenvalue weighted by atomic mass is 9.13. The van der Waals surface area contributed by atoms with Gasteiger partial charge in [-0.1, -0.05) is 191 Å². The Morgan fingerprint density at radius 1 is 0.257 bits per heavy atom. The van der Waals surface area contributed by atoms with Gasteiger partial charge in [-0.15, -0.1) is 0 Å². The maximum absolute atomic E-state index is 2.26. The second-order valence-electron chi connectivity index (χ2n) is 6.51. The Morgan fingerprint density at radius 2 is 0.400 bits per heavy atom. The van der Waals surface area contributed by atoms with Crippen molar-refractivity contribution in [3.8, 4) is 0 Å². The SMILES string of the molecule is CC.CC.CC.CC.CC.c1ccc([B-](c2ccccc2)(c2ccccc2)c2ccccc2)cc1. The van der Waals surface area contributed by atoms with Gasteiger partial charge in [0.25, 0.3) is 0 Å². The molecule has 0 aliphatic heterocycles. The number of rotatable bonds is 4. The Hall–Kier alpha value is -3.06. The minimum Gasteiger partial charge on any atom is -0.195 e. The maximum atomic E-state index is 2.26. The molecule has 0 radical (unpaired) electrons. The zero-order chi connectivity index (χ0) is 27.0. The highest BCUT2D eigenvalue weighted by molar-refractivity contribution is 7.19. The molecule has 0 fully saturated rings. The van der Waals surface area contributed by atoms with Crippen LogP contribution < -0.4 is 21.9 Å². The van der Waals surface area contributed by atoms with Crippen LogP contribution in [0.15, 0.2) is 121 Å². The van der Waals surface area contributed by atoms with E-state index in [1.54, 1.807) is 0 Å². The second-order valence-corrected chi connectivity index (χ2v) is 6.51. The lowest BCUT2D eigenvalue weighted by Gasteiger charge is -2.44. The summed E-state index contributed by atoms with van der Waals surface area (Å²) in [6, 6.07) is 43.5. The van der Waals surface area contributed by atoms with Crippen molar-refractivity contribution in [1.82, 2.24) is 0 Å². The van der Waals surface area contributed by atoms with Gasteiger partial charge in [0.1, 0.15) is 6.15 Å². The van der Waals surface area contributed by atoms with Gasteiger partial charge in [0.05, 0.1) is 0 Å². The largest absolute Gasteiger partial charge is 0.195 e. The van der Waals surface area contributed by atoms with Gasteiger partial charge in [-0.05, 0) is 0 Å². The first-order valence-corrected chi connectivity index (χ1v) is 13.8. The van der Waals surface area contributed by atoms with Crippen molar-refractivity contribution in [2.24, 2.45) is 0 Å². The molecule has 0 aliphatic carbocycles. The van der Waals surface area contributed by atoms with E-state index in [0.29, 0.717) is 0 Å². The van der Waals surface area contributed by atoms with Crippen molar-refractivity contribution >= 4 is 28.0 Å². The third-order valence-corrected chi connectivity index (χ3v) is 5.20. The highest BCUT2D eigenvalue weighted by Crippen LogP contribution is 2.09. The summed E-state index contributed by atoms with van der Waals surface area (Å²) in [5.74, 6) is 0. The first kappa shape index (κ1) is 34.1. The van der Waals surface area contributed by atoms with Crippen molar-refractivity contribution in [3.05, 3.63) is 121 Å². The molecule has 4 rings (SSSR count). The van der Waals surface area contributed by atoms with Gasteiger partial charge < -0.3 is 0 Å². The predicted octanol–water partition coefficient (Wildman–Crippen LogP) is 8.20. The Bertz CT molecular complexity index is 754. The highest BCUT2D eigenvalue weighted by Gasteiger charge is 2.30. The number of hydrogen-bond donors (Lipinski definition) is 0. The fraction of sp³-hybridized carbons (Fsp3) is 0.294. The van der Waals surface area contributed by atoms with Crippen LogP contribution in [0.5, 0.6) is 0 Å². The van der Waals surface area contributed by atoms with Gasteiger partial charge in [0.2, 0.25) is 0 Å². The summed E-state index contributed by atoms with van der Waals surface area (Å²) in [6.07, 6.45) is -1.22. The number of hydrogen-bond acceptors (Lipinski definition) is 0. The summed E-state index contributed by atoms with van der Waals surface area (Å²) < 4.78 is 0. The highest BCUT2D eigenvalue weighted by atomic mass is 14.1. The molecule has 0 atom stereocenters. The smallest absolute Gasteiger partial charge is 0.108 e. The zero-order valence-corrected chi connectivity index (χ0v) is 24.1. The van der Waals surface area contributed by atoms with Crippen molar-refractivity contribution in [1.29, 1.82) is 0 Å². The maximum Gasteiger partial charge on any atom is 0.108 e. The Labute approximate surface area is 218 Å². The molecular formula is C34H50B-. The van der Waals surface area contributed by atoms with E-state index in [2.05, 4.69) is 121 Å². The van der Waals surface area contributed by atoms with Crippen LogP contribution >= 0.6 is 0 Å². The van der Waals surface area contributed by atoms with Gasteiger partial charge in [-0.25, -0.2) is 0 Å². The minimum atomic E-state index is -1.22. The summed E-state index contributed by atoms with van der Waals surface area (Å²) in [7, 11) is 0. The molecule has 0 heterocycles. The lowest BCUT2D eigenvalue weighted by Crippen LogP contribution is -2.74. The van der Waals surface area contributed by atoms with E-state index in [-0.39, 0.29) is 0 Å². The van der Waals surface area contributed by atoms with Gasteiger partial charge in [0.15, 0.2) is 0 Å². The summed E-state index contributed by atoms with van der Waals surface area (Å²) in [5.41, 5.74) is 5.36. The van der Waals surface area contributed by atoms with Crippen LogP contribution in [-0.4, -0.2) is 6.15 Å². The molecule has 0 aromatic heterocycles. The van der Waals surface area contributed by atoms with Crippen LogP contribution in [-0.2, 0) is 0 Å². The van der Waals surface area contributed by atoms with Crippen LogP contribution in [0.1, 0.15) is 69.2 Å². The predicted molar refractivity (Wildman–Crippen MR) is 167 cm³/mol. The van der Waals surface area contributed by atoms with E-state index in [1.165, 1.54) is 21.9 Å². The molecule has 0 saturated carbocycles. The molecule has 4 aromatic rings. The van der Waals surface area contributed by atoms with Crippen molar-refractivity contribution in [3.63, 3.8) is 0 Å². The topological polar surface area (TPSA) is 0 Å². The Balaban J connectivity index is 0. The van der Waals surface area contributed by atoms with Crippen molar-refractivity contribution < 1.29 is 0 Å². The van der Waals surface area contributed by atoms with Crippen LogP contribution in [0.3, 0.4) is 0 Å². The van der Waals surface area contributed by atoms with E-state index >= 15 is 0 Å². The summed E-state index contributed by atoms with van der Waals surface area (Å²) >= 11 is 0. The zero-order valence-electron chi connectivity index (χ0n) is 24.1. The molecule has 190 valence electrons. The molecule has 0 nitrogen and oxygen atoms in total. The van der Waals surface area contributed by atoms with E-state index < -0.39 is 6.15 Å². The molecule has 0 unspecified atom stereocenters. The van der Waals surface area contributed by atoms with Crippen molar-refractivity contribution in [2.45, 2.75) is 69.2 Å². The van der Waals surface area contributed by atoms with Crippen LogP contribution in [0.25, 0.3) is 0 Å². The third-order valence-electron chi connectivity index (χ3n) is 5.20. The molecule has 0 bridgehead atoms. The third kappa shape index (κ3) is 9.25. The summed E-state index contributed by atoms with van der Waals surface area (Å²) in [4.78, 5) is 0. The fourth-order valence-electron chi connectivity index (χ4n) is 4.12. The first-order valence-electron chi connectivity index (χ1n) is 13.8. The average Bonchev–Trinajstić information content (AvgIpc) is 3.01. The monoisotopic (exact) mass is 469 g/mol. The van der Waals surface area contributed by atoms with Crippen LogP contribution in [0, 0.1) is 0 Å². The molecule has 0 saturated heterocycles. The van der Waals surface area contributed by atoms with Crippen LogP contribution in [0.2, 0.25) is 0 Å². The van der Waals surface area contributed by atoms with Gasteiger partial charge in [-0.3, -0.25) is 0 Å². The van der Waals surface area contributed by atoms with Gasteiger partial charge in [-0.2, -0.15) is 21.9 Å². The molecule has 0 amide bonds. The molecule has 35 heavy (non-hydrogen) atoms. The molecule has 1 heteroatoms. The summed E-state index contributed by atoms with van der Waals surface area (Å²) in [5, 5.41) is 0. The standard InChI is InChI=1S/C24H20B.5C2H6/c1-5-13-21(14-6-1)25(22-15-7-2-8-16-22,23-17-9-3-10-18-23)24-19-11-4-12-20-24;5*1-2/h1-20H;5*1-2H3/q-1;;;;;. The normalized spacial score (nSPS) is 8.86. The second kappa shape index (κ2) is 22.7. The van der Waals surface area contributed by atoms with E-state index in [0.717, 1.165) is 0 Å². The fourth-order valence-corrected chi connectivity index (χ4v) is 4.12. The summed E-state index contributed by atoms with van der Waals surface area (Å²) in [6.45, 7) is 20.0. The molecule has 0 aliphatic rings. The molecular weight excluding hydrogens is 419 g/mol. The molecule has 0 spiro atoms. The minimum absolute atomic E-state index is 1.22. The first-order chi connectivity index (χ1) is 17.4. The lowest BCUT2D eigenvalue weighted by molar-refractivity contribution is 1.50. The van der Waals surface area contributed by atoms with Crippen LogP contribution in [0.4, 0.5) is 0 Å².